The SMILES string of the molecule is C[C@H](NP(=O)(OC[C@H]1S[C@@H](n2ccc(N)nc2=O)C[C@@H]1O)Oc1ccccc1)C(=O)O. The zero-order valence-electron chi connectivity index (χ0n) is 16.5. The van der Waals surface area contributed by atoms with Crippen molar-refractivity contribution in [2.24, 2.45) is 0 Å². The number of aliphatic carboxylic acids is 1. The monoisotopic (exact) mass is 470 g/mol. The number of aliphatic hydroxyl groups excluding tert-OH is 1. The van der Waals surface area contributed by atoms with Crippen LogP contribution in [0.4, 0.5) is 5.82 Å². The lowest BCUT2D eigenvalue weighted by Crippen LogP contribution is -2.34. The Balaban J connectivity index is 1.70. The number of nitrogen functional groups attached to an aromatic ring is 1. The number of nitrogens with zero attached hydrogens (tertiary/aromatic N) is 2. The number of para-hydroxylation sites is 1. The fourth-order valence-corrected chi connectivity index (χ4v) is 5.92. The van der Waals surface area contributed by atoms with Crippen molar-refractivity contribution in [3.05, 3.63) is 53.1 Å². The standard InChI is InChI=1S/C18H23N4O7PS/c1-11(17(24)25)21-30(27,29-12-5-3-2-4-6-12)28-10-14-13(23)9-16(31-14)22-8-7-15(19)20-18(22)26/h2-8,11,13-14,16,23H,9-10H2,1H3,(H,21,27)(H,24,25)(H2,19,20,26)/t11-,13-,14+,16+,30?/m0/s1. The largest absolute Gasteiger partial charge is 0.480 e. The number of benzene rings is 1. The first-order chi connectivity index (χ1) is 14.7. The van der Waals surface area contributed by atoms with E-state index in [1.165, 1.54) is 35.5 Å². The summed E-state index contributed by atoms with van der Waals surface area (Å²) in [6, 6.07) is 8.46. The van der Waals surface area contributed by atoms with Crippen molar-refractivity contribution in [3.63, 3.8) is 0 Å². The molecule has 1 fully saturated rings. The van der Waals surface area contributed by atoms with Crippen molar-refractivity contribution in [1.29, 1.82) is 0 Å². The Labute approximate surface area is 182 Å². The summed E-state index contributed by atoms with van der Waals surface area (Å²) < 4.78 is 25.5. The average molecular weight is 470 g/mol. The number of nitrogens with two attached hydrogens (primary N) is 1. The van der Waals surface area contributed by atoms with E-state index in [-0.39, 0.29) is 24.6 Å². The van der Waals surface area contributed by atoms with E-state index in [4.69, 9.17) is 19.9 Å². The number of carboxylic acids is 1. The van der Waals surface area contributed by atoms with E-state index in [1.54, 1.807) is 30.3 Å². The zero-order valence-corrected chi connectivity index (χ0v) is 18.2. The van der Waals surface area contributed by atoms with E-state index >= 15 is 0 Å². The molecule has 1 aromatic carbocycles. The molecular weight excluding hydrogens is 447 g/mol. The lowest BCUT2D eigenvalue weighted by Gasteiger charge is -2.23. The number of aliphatic hydroxyl groups is 1. The maximum absolute atomic E-state index is 13.2. The predicted octanol–water partition coefficient (Wildman–Crippen LogP) is 1.46. The fraction of sp³-hybridized carbons (Fsp3) is 0.389. The minimum Gasteiger partial charge on any atom is -0.480 e. The second kappa shape index (κ2) is 9.84. The van der Waals surface area contributed by atoms with Crippen LogP contribution in [0.15, 0.2) is 47.4 Å². The molecule has 0 amide bonds. The third-order valence-corrected chi connectivity index (χ3v) is 7.64. The highest BCUT2D eigenvalue weighted by molar-refractivity contribution is 8.00. The van der Waals surface area contributed by atoms with Gasteiger partial charge in [0.05, 0.1) is 23.3 Å². The van der Waals surface area contributed by atoms with Crippen LogP contribution in [0.25, 0.3) is 0 Å². The number of rotatable bonds is 9. The average Bonchev–Trinajstić information content (AvgIpc) is 3.07. The first-order valence-corrected chi connectivity index (χ1v) is 11.8. The Morgan fingerprint density at radius 2 is 2.13 bits per heavy atom. The topological polar surface area (TPSA) is 166 Å². The minimum atomic E-state index is -4.09. The first-order valence-electron chi connectivity index (χ1n) is 9.35. The Morgan fingerprint density at radius 1 is 1.42 bits per heavy atom. The molecule has 0 aliphatic carbocycles. The lowest BCUT2D eigenvalue weighted by atomic mass is 10.2. The number of hydrogen-bond acceptors (Lipinski definition) is 9. The molecule has 0 saturated carbocycles. The van der Waals surface area contributed by atoms with Gasteiger partial charge >= 0.3 is 19.4 Å². The molecule has 5 N–H and O–H groups in total. The smallest absolute Gasteiger partial charge is 0.459 e. The van der Waals surface area contributed by atoms with Gasteiger partial charge < -0.3 is 20.5 Å². The quantitative estimate of drug-likeness (QED) is 0.392. The third kappa shape index (κ3) is 6.08. The van der Waals surface area contributed by atoms with Gasteiger partial charge in [0.1, 0.15) is 17.6 Å². The third-order valence-electron chi connectivity index (χ3n) is 4.47. The molecule has 2 aromatic rings. The summed E-state index contributed by atoms with van der Waals surface area (Å²) in [5.74, 6) is -0.902. The maximum Gasteiger partial charge on any atom is 0.459 e. The van der Waals surface area contributed by atoms with Crippen molar-refractivity contribution < 1.29 is 28.6 Å². The Kier molecular flexibility index (Phi) is 7.39. The number of aromatic nitrogens is 2. The highest BCUT2D eigenvalue weighted by Gasteiger charge is 2.39. The van der Waals surface area contributed by atoms with E-state index in [0.29, 0.717) is 0 Å². The molecule has 1 saturated heterocycles. The van der Waals surface area contributed by atoms with Gasteiger partial charge in [0.2, 0.25) is 0 Å². The summed E-state index contributed by atoms with van der Waals surface area (Å²) in [5, 5.41) is 21.0. The molecule has 11 nitrogen and oxygen atoms in total. The van der Waals surface area contributed by atoms with Crippen molar-refractivity contribution in [3.8, 4) is 5.75 Å². The molecule has 5 atom stereocenters. The molecule has 1 unspecified atom stereocenters. The van der Waals surface area contributed by atoms with Gasteiger partial charge in [-0.25, -0.2) is 9.36 Å². The van der Waals surface area contributed by atoms with Gasteiger partial charge in [-0.05, 0) is 25.1 Å². The number of thioether (sulfide) groups is 1. The number of carbonyl (C=O) groups is 1. The molecule has 1 aliphatic rings. The Morgan fingerprint density at radius 3 is 2.77 bits per heavy atom. The van der Waals surface area contributed by atoms with Crippen molar-refractivity contribution in [2.75, 3.05) is 12.3 Å². The van der Waals surface area contributed by atoms with Crippen LogP contribution in [-0.4, -0.2) is 49.7 Å². The fourth-order valence-electron chi connectivity index (χ4n) is 2.85. The van der Waals surface area contributed by atoms with E-state index in [2.05, 4.69) is 10.1 Å². The second-order valence-electron chi connectivity index (χ2n) is 6.86. The molecule has 2 heterocycles. The number of anilines is 1. The Hall–Kier alpha value is -2.37. The molecule has 0 spiro atoms. The molecule has 0 bridgehead atoms. The summed E-state index contributed by atoms with van der Waals surface area (Å²) in [4.78, 5) is 27.0. The number of nitrogens with one attached hydrogen (secondary N) is 1. The molecule has 31 heavy (non-hydrogen) atoms. The normalized spacial score (nSPS) is 23.7. The van der Waals surface area contributed by atoms with Crippen LogP contribution in [0, 0.1) is 0 Å². The van der Waals surface area contributed by atoms with Gasteiger partial charge in [-0.2, -0.15) is 10.1 Å². The molecule has 3 rings (SSSR count). The zero-order chi connectivity index (χ0) is 22.6. The summed E-state index contributed by atoms with van der Waals surface area (Å²) in [5.41, 5.74) is 4.97. The van der Waals surface area contributed by atoms with Crippen LogP contribution in [-0.2, 0) is 13.9 Å². The van der Waals surface area contributed by atoms with Gasteiger partial charge in [0.25, 0.3) is 0 Å². The van der Waals surface area contributed by atoms with E-state index in [0.717, 1.165) is 0 Å². The van der Waals surface area contributed by atoms with Crippen LogP contribution >= 0.6 is 19.5 Å². The highest BCUT2D eigenvalue weighted by atomic mass is 32.2. The number of hydrogen-bond donors (Lipinski definition) is 4. The predicted molar refractivity (Wildman–Crippen MR) is 115 cm³/mol. The molecule has 1 aliphatic heterocycles. The van der Waals surface area contributed by atoms with Crippen LogP contribution in [0.2, 0.25) is 0 Å². The number of carboxylic acid groups (broad SMARTS) is 1. The second-order valence-corrected chi connectivity index (χ2v) is 9.98. The summed E-state index contributed by atoms with van der Waals surface area (Å²) in [7, 11) is -4.09. The minimum absolute atomic E-state index is 0.0994. The molecule has 1 aromatic heterocycles. The summed E-state index contributed by atoms with van der Waals surface area (Å²) >= 11 is 1.25. The van der Waals surface area contributed by atoms with Gasteiger partial charge in [-0.15, -0.1) is 11.8 Å². The van der Waals surface area contributed by atoms with Crippen molar-refractivity contribution >= 4 is 31.3 Å². The van der Waals surface area contributed by atoms with Gasteiger partial charge in [0.15, 0.2) is 0 Å². The van der Waals surface area contributed by atoms with Gasteiger partial charge in [-0.1, -0.05) is 18.2 Å². The Bertz CT molecular complexity index is 1020. The van der Waals surface area contributed by atoms with Crippen LogP contribution < -0.4 is 21.0 Å². The van der Waals surface area contributed by atoms with E-state index in [9.17, 15) is 19.3 Å². The van der Waals surface area contributed by atoms with E-state index in [1.807, 2.05) is 0 Å². The van der Waals surface area contributed by atoms with Gasteiger partial charge in [0, 0.05) is 12.6 Å². The molecule has 168 valence electrons. The molecular formula is C18H23N4O7PS. The summed E-state index contributed by atoms with van der Waals surface area (Å²) in [6.07, 6.45) is 0.881. The molecule has 0 radical (unpaired) electrons. The lowest BCUT2D eigenvalue weighted by molar-refractivity contribution is -0.138. The van der Waals surface area contributed by atoms with Crippen LogP contribution in [0.3, 0.4) is 0 Å². The van der Waals surface area contributed by atoms with E-state index < -0.39 is 42.2 Å². The first kappa shape index (κ1) is 23.3. The van der Waals surface area contributed by atoms with Crippen molar-refractivity contribution in [2.45, 2.75) is 36.1 Å². The highest BCUT2D eigenvalue weighted by Crippen LogP contribution is 2.48. The molecule has 13 heteroatoms. The maximum atomic E-state index is 13.2. The van der Waals surface area contributed by atoms with Gasteiger partial charge in [-0.3, -0.25) is 13.9 Å². The van der Waals surface area contributed by atoms with Crippen LogP contribution in [0.1, 0.15) is 18.7 Å². The van der Waals surface area contributed by atoms with Crippen LogP contribution in [0.5, 0.6) is 5.75 Å². The summed E-state index contributed by atoms with van der Waals surface area (Å²) in [6.45, 7) is 1.10. The van der Waals surface area contributed by atoms with Crippen molar-refractivity contribution in [1.82, 2.24) is 14.6 Å².